The molecule has 0 saturated heterocycles. The lowest BCUT2D eigenvalue weighted by Gasteiger charge is -2.02. The number of nitrogens with one attached hydrogen (secondary N) is 1. The fourth-order valence-electron chi connectivity index (χ4n) is 2.13. The number of carbonyl (C=O) groups is 1. The second-order valence-corrected chi connectivity index (χ2v) is 4.94. The molecule has 0 radical (unpaired) electrons. The average Bonchev–Trinajstić information content (AvgIpc) is 3.00. The van der Waals surface area contributed by atoms with Crippen LogP contribution in [0.1, 0.15) is 6.92 Å². The smallest absolute Gasteiger partial charge is 0.248 e. The fourth-order valence-corrected chi connectivity index (χ4v) is 2.13. The number of benzene rings is 2. The Labute approximate surface area is 134 Å². The number of rotatable bonds is 4. The molecule has 4 heteroatoms. The van der Waals surface area contributed by atoms with E-state index in [-0.39, 0.29) is 5.91 Å². The van der Waals surface area contributed by atoms with E-state index in [2.05, 4.69) is 10.3 Å². The Kier molecular flexibility index (Phi) is 4.34. The van der Waals surface area contributed by atoms with Gasteiger partial charge in [-0.15, -0.1) is 0 Å². The Hall–Kier alpha value is -3.14. The van der Waals surface area contributed by atoms with Gasteiger partial charge in [-0.3, -0.25) is 4.79 Å². The highest BCUT2D eigenvalue weighted by Gasteiger charge is 2.07. The summed E-state index contributed by atoms with van der Waals surface area (Å²) in [6.45, 7) is 1.90. The van der Waals surface area contributed by atoms with Crippen LogP contribution in [0.4, 0.5) is 5.69 Å². The number of fused-ring (bicyclic) bond motifs is 1. The molecule has 0 saturated carbocycles. The molecule has 114 valence electrons. The van der Waals surface area contributed by atoms with Gasteiger partial charge >= 0.3 is 0 Å². The number of para-hydroxylation sites is 2. The van der Waals surface area contributed by atoms with Crippen LogP contribution >= 0.6 is 0 Å². The van der Waals surface area contributed by atoms with Crippen molar-refractivity contribution in [3.8, 4) is 11.5 Å². The first-order valence-electron chi connectivity index (χ1n) is 7.32. The van der Waals surface area contributed by atoms with Gasteiger partial charge < -0.3 is 9.73 Å². The lowest BCUT2D eigenvalue weighted by Crippen LogP contribution is -2.07. The van der Waals surface area contributed by atoms with Crippen molar-refractivity contribution in [1.82, 2.24) is 4.98 Å². The molecular formula is C19H16N2O2. The molecule has 1 N–H and O–H groups in total. The highest BCUT2D eigenvalue weighted by Crippen LogP contribution is 2.25. The van der Waals surface area contributed by atoms with E-state index in [1.807, 2.05) is 61.5 Å². The zero-order valence-corrected chi connectivity index (χ0v) is 12.7. The van der Waals surface area contributed by atoms with Crippen LogP contribution in [0.25, 0.3) is 22.6 Å². The molecule has 0 unspecified atom stereocenters. The maximum absolute atomic E-state index is 11.7. The first-order chi connectivity index (χ1) is 11.3. The number of hydrogen-bond acceptors (Lipinski definition) is 3. The third-order valence-corrected chi connectivity index (χ3v) is 3.24. The van der Waals surface area contributed by atoms with Crippen molar-refractivity contribution in [2.75, 3.05) is 5.32 Å². The van der Waals surface area contributed by atoms with E-state index in [4.69, 9.17) is 4.42 Å². The molecule has 0 fully saturated rings. The highest BCUT2D eigenvalue weighted by molar-refractivity contribution is 5.99. The molecule has 0 bridgehead atoms. The first kappa shape index (κ1) is 14.8. The van der Waals surface area contributed by atoms with Crippen LogP contribution in [0, 0.1) is 0 Å². The van der Waals surface area contributed by atoms with Crippen LogP contribution in [0.5, 0.6) is 0 Å². The number of oxazole rings is 1. The van der Waals surface area contributed by atoms with Gasteiger partial charge in [0.1, 0.15) is 5.52 Å². The number of hydrogen-bond donors (Lipinski definition) is 1. The standard InChI is InChI=1S/C19H16N2O2/c1-2-3-4-9-18(22)20-15-12-10-14(11-13-15)19-21-16-7-5-6-8-17(16)23-19/h2-13H,1H3,(H,20,22). The van der Waals surface area contributed by atoms with Crippen LogP contribution in [-0.4, -0.2) is 10.9 Å². The minimum Gasteiger partial charge on any atom is -0.436 e. The number of allylic oxidation sites excluding steroid dienone is 3. The second-order valence-electron chi connectivity index (χ2n) is 4.94. The summed E-state index contributed by atoms with van der Waals surface area (Å²) in [4.78, 5) is 16.1. The lowest BCUT2D eigenvalue weighted by molar-refractivity contribution is -0.111. The van der Waals surface area contributed by atoms with Gasteiger partial charge in [-0.05, 0) is 43.3 Å². The summed E-state index contributed by atoms with van der Waals surface area (Å²) in [5, 5.41) is 2.80. The summed E-state index contributed by atoms with van der Waals surface area (Å²) >= 11 is 0. The molecule has 0 aliphatic carbocycles. The van der Waals surface area contributed by atoms with Gasteiger partial charge in [-0.1, -0.05) is 30.4 Å². The maximum Gasteiger partial charge on any atom is 0.248 e. The van der Waals surface area contributed by atoms with Gasteiger partial charge in [0.15, 0.2) is 5.58 Å². The summed E-state index contributed by atoms with van der Waals surface area (Å²) in [7, 11) is 0. The Bertz CT molecular complexity index is 841. The molecule has 1 amide bonds. The molecule has 3 rings (SSSR count). The van der Waals surface area contributed by atoms with Crippen molar-refractivity contribution in [2.45, 2.75) is 6.92 Å². The van der Waals surface area contributed by atoms with Gasteiger partial charge in [0.05, 0.1) is 0 Å². The number of anilines is 1. The van der Waals surface area contributed by atoms with Gasteiger partial charge in [0.25, 0.3) is 0 Å². The molecule has 0 atom stereocenters. The Morgan fingerprint density at radius 1 is 1.09 bits per heavy atom. The Morgan fingerprint density at radius 3 is 2.61 bits per heavy atom. The first-order valence-corrected chi connectivity index (χ1v) is 7.32. The van der Waals surface area contributed by atoms with Crippen LogP contribution in [0.15, 0.2) is 77.3 Å². The third-order valence-electron chi connectivity index (χ3n) is 3.24. The maximum atomic E-state index is 11.7. The SMILES string of the molecule is CC=CC=CC(=O)Nc1ccc(-c2nc3ccccc3o2)cc1. The largest absolute Gasteiger partial charge is 0.436 e. The van der Waals surface area contributed by atoms with Crippen molar-refractivity contribution in [1.29, 1.82) is 0 Å². The monoisotopic (exact) mass is 304 g/mol. The normalized spacial score (nSPS) is 11.5. The van der Waals surface area contributed by atoms with Crippen molar-refractivity contribution < 1.29 is 9.21 Å². The predicted molar refractivity (Wildman–Crippen MR) is 92.0 cm³/mol. The molecule has 2 aromatic carbocycles. The molecule has 1 heterocycles. The predicted octanol–water partition coefficient (Wildman–Crippen LogP) is 4.57. The quantitative estimate of drug-likeness (QED) is 0.567. The van der Waals surface area contributed by atoms with E-state index in [1.165, 1.54) is 6.08 Å². The van der Waals surface area contributed by atoms with E-state index in [0.29, 0.717) is 5.89 Å². The van der Waals surface area contributed by atoms with E-state index in [0.717, 1.165) is 22.4 Å². The zero-order chi connectivity index (χ0) is 16.1. The zero-order valence-electron chi connectivity index (χ0n) is 12.7. The average molecular weight is 304 g/mol. The van der Waals surface area contributed by atoms with E-state index in [1.54, 1.807) is 12.2 Å². The Morgan fingerprint density at radius 2 is 1.87 bits per heavy atom. The molecule has 3 aromatic rings. The summed E-state index contributed by atoms with van der Waals surface area (Å²) < 4.78 is 5.72. The molecule has 1 aromatic heterocycles. The Balaban J connectivity index is 1.75. The number of amides is 1. The summed E-state index contributed by atoms with van der Waals surface area (Å²) in [5.41, 5.74) is 3.17. The molecule has 23 heavy (non-hydrogen) atoms. The van der Waals surface area contributed by atoms with Gasteiger partial charge in [0.2, 0.25) is 11.8 Å². The summed E-state index contributed by atoms with van der Waals surface area (Å²) in [6, 6.07) is 15.0. The van der Waals surface area contributed by atoms with Crippen LogP contribution in [0.3, 0.4) is 0 Å². The number of carbonyl (C=O) groups excluding carboxylic acids is 1. The minimum absolute atomic E-state index is 0.169. The molecule has 0 aliphatic heterocycles. The fraction of sp³-hybridized carbons (Fsp3) is 0.0526. The number of nitrogens with zero attached hydrogens (tertiary/aromatic N) is 1. The van der Waals surface area contributed by atoms with Crippen molar-refractivity contribution >= 4 is 22.7 Å². The van der Waals surface area contributed by atoms with Crippen molar-refractivity contribution in [2.24, 2.45) is 0 Å². The third kappa shape index (κ3) is 3.55. The van der Waals surface area contributed by atoms with E-state index < -0.39 is 0 Å². The van der Waals surface area contributed by atoms with Gasteiger partial charge in [-0.2, -0.15) is 0 Å². The summed E-state index contributed by atoms with van der Waals surface area (Å²) in [5.74, 6) is 0.398. The van der Waals surface area contributed by atoms with E-state index >= 15 is 0 Å². The van der Waals surface area contributed by atoms with Gasteiger partial charge in [-0.25, -0.2) is 4.98 Å². The topological polar surface area (TPSA) is 55.1 Å². The van der Waals surface area contributed by atoms with Crippen molar-refractivity contribution in [3.05, 3.63) is 72.8 Å². The molecular weight excluding hydrogens is 288 g/mol. The second kappa shape index (κ2) is 6.75. The van der Waals surface area contributed by atoms with Crippen LogP contribution < -0.4 is 5.32 Å². The number of aromatic nitrogens is 1. The minimum atomic E-state index is -0.169. The molecule has 4 nitrogen and oxygen atoms in total. The molecule has 0 spiro atoms. The van der Waals surface area contributed by atoms with Crippen LogP contribution in [0.2, 0.25) is 0 Å². The van der Waals surface area contributed by atoms with E-state index in [9.17, 15) is 4.79 Å². The van der Waals surface area contributed by atoms with Crippen LogP contribution in [-0.2, 0) is 4.79 Å². The summed E-state index contributed by atoms with van der Waals surface area (Å²) in [6.07, 6.45) is 6.84. The molecule has 0 aliphatic rings. The van der Waals surface area contributed by atoms with Gasteiger partial charge in [0, 0.05) is 17.3 Å². The lowest BCUT2D eigenvalue weighted by atomic mass is 10.2. The van der Waals surface area contributed by atoms with Crippen molar-refractivity contribution in [3.63, 3.8) is 0 Å². The highest BCUT2D eigenvalue weighted by atomic mass is 16.3.